The summed E-state index contributed by atoms with van der Waals surface area (Å²) < 4.78 is 0. The summed E-state index contributed by atoms with van der Waals surface area (Å²) in [5, 5.41) is 7.64. The minimum Gasteiger partial charge on any atom is -0.0616 e. The van der Waals surface area contributed by atoms with E-state index in [4.69, 9.17) is 0 Å². The fourth-order valence-corrected chi connectivity index (χ4v) is 9.19. The highest BCUT2D eigenvalue weighted by Crippen LogP contribution is 2.38. The second-order valence-corrected chi connectivity index (χ2v) is 14.5. The van der Waals surface area contributed by atoms with E-state index in [0.29, 0.717) is 0 Å². The summed E-state index contributed by atoms with van der Waals surface area (Å²) in [5.74, 6) is 0. The zero-order valence-electron chi connectivity index (χ0n) is 27.0. The molecule has 1 heteroatoms. The van der Waals surface area contributed by atoms with Crippen molar-refractivity contribution in [3.05, 3.63) is 200 Å². The van der Waals surface area contributed by atoms with E-state index in [9.17, 15) is 0 Å². The average Bonchev–Trinajstić information content (AvgIpc) is 3.18. The molecule has 0 N–H and O–H groups in total. The molecule has 49 heavy (non-hydrogen) atoms. The number of hydrogen-bond acceptors (Lipinski definition) is 0. The summed E-state index contributed by atoms with van der Waals surface area (Å²) in [5.41, 5.74) is 7.51. The molecule has 0 heterocycles. The van der Waals surface area contributed by atoms with Crippen molar-refractivity contribution < 1.29 is 0 Å². The van der Waals surface area contributed by atoms with Crippen LogP contribution in [0.2, 0.25) is 0 Å². The molecular weight excluding hydrogens is 609 g/mol. The molecule has 0 bridgehead atoms. The number of hydrogen-bond donors (Lipinski definition) is 0. The lowest BCUT2D eigenvalue weighted by molar-refractivity contribution is 1.32. The van der Waals surface area contributed by atoms with E-state index in [1.807, 2.05) is 0 Å². The lowest BCUT2D eigenvalue weighted by atomic mass is 9.98. The minimum atomic E-state index is -0.290. The van der Waals surface area contributed by atoms with Crippen molar-refractivity contribution in [1.29, 1.82) is 0 Å². The smallest absolute Gasteiger partial charge is 0.0616 e. The standard InChI is InChI=1S/C48H33S/c1-4-16-43-34(10-1)13-7-19-46(43)37-22-28-40(29-23-37)49(41-30-24-38(25-31-41)47-20-8-14-35-11-2-5-17-44(35)47)42-32-26-39(27-33-42)48-21-9-15-36-12-3-6-18-45(36)48/h1-33H/q+1. The highest BCUT2D eigenvalue weighted by Gasteiger charge is 2.29. The number of fused-ring (bicyclic) bond motifs is 3. The Labute approximate surface area is 290 Å². The highest BCUT2D eigenvalue weighted by atomic mass is 32.2. The summed E-state index contributed by atoms with van der Waals surface area (Å²) in [4.78, 5) is 3.92. The largest absolute Gasteiger partial charge is 0.166 e. The summed E-state index contributed by atoms with van der Waals surface area (Å²) in [6.45, 7) is 0. The van der Waals surface area contributed by atoms with Gasteiger partial charge in [0.1, 0.15) is 0 Å². The van der Waals surface area contributed by atoms with Crippen molar-refractivity contribution in [3.63, 3.8) is 0 Å². The molecule has 0 saturated carbocycles. The van der Waals surface area contributed by atoms with E-state index in [2.05, 4.69) is 200 Å². The Morgan fingerprint density at radius 1 is 0.224 bits per heavy atom. The second kappa shape index (κ2) is 12.6. The zero-order valence-corrected chi connectivity index (χ0v) is 27.8. The molecule has 9 aromatic carbocycles. The third kappa shape index (κ3) is 5.49. The molecule has 0 amide bonds. The maximum absolute atomic E-state index is 2.33. The first-order valence-corrected chi connectivity index (χ1v) is 18.0. The van der Waals surface area contributed by atoms with Crippen LogP contribution in [-0.4, -0.2) is 0 Å². The molecule has 0 aliphatic heterocycles. The lowest BCUT2D eigenvalue weighted by Gasteiger charge is -2.12. The third-order valence-electron chi connectivity index (χ3n) is 9.57. The van der Waals surface area contributed by atoms with E-state index < -0.39 is 0 Å². The predicted octanol–water partition coefficient (Wildman–Crippen LogP) is 13.2. The maximum atomic E-state index is 2.33. The lowest BCUT2D eigenvalue weighted by Crippen LogP contribution is -2.05. The first-order valence-electron chi connectivity index (χ1n) is 16.8. The van der Waals surface area contributed by atoms with Crippen LogP contribution in [0.1, 0.15) is 0 Å². The van der Waals surface area contributed by atoms with Gasteiger partial charge in [-0.1, -0.05) is 127 Å². The highest BCUT2D eigenvalue weighted by molar-refractivity contribution is 7.97. The first-order chi connectivity index (χ1) is 24.3. The molecule has 0 aliphatic carbocycles. The van der Waals surface area contributed by atoms with Gasteiger partial charge in [0.15, 0.2) is 14.7 Å². The van der Waals surface area contributed by atoms with Gasteiger partial charge in [0, 0.05) is 0 Å². The van der Waals surface area contributed by atoms with Crippen LogP contribution in [0, 0.1) is 0 Å². The van der Waals surface area contributed by atoms with Gasteiger partial charge >= 0.3 is 0 Å². The molecular formula is C48H33S+. The molecule has 9 rings (SSSR count). The molecule has 9 aromatic rings. The van der Waals surface area contributed by atoms with Gasteiger partial charge in [-0.15, -0.1) is 0 Å². The van der Waals surface area contributed by atoms with Crippen LogP contribution in [-0.2, 0) is 10.9 Å². The van der Waals surface area contributed by atoms with Crippen molar-refractivity contribution in [2.24, 2.45) is 0 Å². The van der Waals surface area contributed by atoms with Gasteiger partial charge in [-0.05, 0) is 138 Å². The van der Waals surface area contributed by atoms with Gasteiger partial charge in [-0.2, -0.15) is 0 Å². The molecule has 0 nitrogen and oxygen atoms in total. The Hall–Kier alpha value is -5.89. The van der Waals surface area contributed by atoms with Crippen LogP contribution >= 0.6 is 0 Å². The summed E-state index contributed by atoms with van der Waals surface area (Å²) in [6, 6.07) is 73.4. The summed E-state index contributed by atoms with van der Waals surface area (Å²) in [6.07, 6.45) is 0. The summed E-state index contributed by atoms with van der Waals surface area (Å²) in [7, 11) is -0.290. The van der Waals surface area contributed by atoms with Crippen molar-refractivity contribution >= 4 is 43.2 Å². The maximum Gasteiger partial charge on any atom is 0.166 e. The van der Waals surface area contributed by atoms with Crippen LogP contribution in [0.3, 0.4) is 0 Å². The topological polar surface area (TPSA) is 0 Å². The van der Waals surface area contributed by atoms with Gasteiger partial charge in [-0.3, -0.25) is 0 Å². The van der Waals surface area contributed by atoms with Gasteiger partial charge in [0.25, 0.3) is 0 Å². The Bertz CT molecular complexity index is 2270. The van der Waals surface area contributed by atoms with Crippen molar-refractivity contribution in [1.82, 2.24) is 0 Å². The predicted molar refractivity (Wildman–Crippen MR) is 210 cm³/mol. The fourth-order valence-electron chi connectivity index (χ4n) is 7.15. The molecule has 0 unspecified atom stereocenters. The fraction of sp³-hybridized carbons (Fsp3) is 0. The van der Waals surface area contributed by atoms with Crippen LogP contribution in [0.5, 0.6) is 0 Å². The van der Waals surface area contributed by atoms with Gasteiger partial charge < -0.3 is 0 Å². The molecule has 0 saturated heterocycles. The van der Waals surface area contributed by atoms with Crippen LogP contribution in [0.25, 0.3) is 65.7 Å². The Kier molecular flexibility index (Phi) is 7.53. The number of benzene rings is 9. The van der Waals surface area contributed by atoms with E-state index in [-0.39, 0.29) is 10.9 Å². The van der Waals surface area contributed by atoms with Crippen molar-refractivity contribution in [2.45, 2.75) is 14.7 Å². The van der Waals surface area contributed by atoms with Crippen LogP contribution in [0.15, 0.2) is 215 Å². The van der Waals surface area contributed by atoms with Gasteiger partial charge in [0.05, 0.1) is 10.9 Å². The average molecular weight is 642 g/mol. The first kappa shape index (κ1) is 29.3. The van der Waals surface area contributed by atoms with E-state index in [1.165, 1.54) is 80.4 Å². The Morgan fingerprint density at radius 3 is 0.796 bits per heavy atom. The Balaban J connectivity index is 1.13. The van der Waals surface area contributed by atoms with Crippen LogP contribution < -0.4 is 0 Å². The van der Waals surface area contributed by atoms with Gasteiger partial charge in [-0.25, -0.2) is 0 Å². The SMILES string of the molecule is c1ccc2c(-c3ccc([S+](c4ccc(-c5cccc6ccccc56)cc4)c4ccc(-c5cccc6ccccc56)cc4)cc3)cccc2c1. The van der Waals surface area contributed by atoms with E-state index in [1.54, 1.807) is 0 Å². The third-order valence-corrected chi connectivity index (χ3v) is 11.8. The minimum absolute atomic E-state index is 0.290. The second-order valence-electron chi connectivity index (χ2n) is 12.5. The quantitative estimate of drug-likeness (QED) is 0.159. The van der Waals surface area contributed by atoms with Gasteiger partial charge in [0.2, 0.25) is 0 Å². The molecule has 0 aliphatic rings. The van der Waals surface area contributed by atoms with E-state index in [0.717, 1.165) is 0 Å². The molecule has 0 radical (unpaired) electrons. The summed E-state index contributed by atoms with van der Waals surface area (Å²) >= 11 is 0. The van der Waals surface area contributed by atoms with Crippen molar-refractivity contribution in [3.8, 4) is 33.4 Å². The van der Waals surface area contributed by atoms with Crippen LogP contribution in [0.4, 0.5) is 0 Å². The van der Waals surface area contributed by atoms with E-state index >= 15 is 0 Å². The normalized spacial score (nSPS) is 11.4. The Morgan fingerprint density at radius 2 is 0.490 bits per heavy atom. The molecule has 0 spiro atoms. The van der Waals surface area contributed by atoms with Crippen molar-refractivity contribution in [2.75, 3.05) is 0 Å². The monoisotopic (exact) mass is 641 g/mol. The zero-order chi connectivity index (χ0) is 32.6. The number of rotatable bonds is 6. The molecule has 0 fully saturated rings. The molecule has 0 atom stereocenters. The molecule has 230 valence electrons. The molecule has 0 aromatic heterocycles.